The number of halogens is 3. The summed E-state index contributed by atoms with van der Waals surface area (Å²) in [5.41, 5.74) is -3.20. The highest BCUT2D eigenvalue weighted by Gasteiger charge is 2.52. The van der Waals surface area contributed by atoms with Crippen LogP contribution in [0.2, 0.25) is 0 Å². The van der Waals surface area contributed by atoms with Gasteiger partial charge in [-0.1, -0.05) is 42.5 Å². The number of nitrogens with zero attached hydrogens (tertiary/aromatic N) is 1. The summed E-state index contributed by atoms with van der Waals surface area (Å²) in [4.78, 5) is 15.4. The van der Waals surface area contributed by atoms with Gasteiger partial charge in [0.1, 0.15) is 0 Å². The zero-order valence-electron chi connectivity index (χ0n) is 20.5. The van der Waals surface area contributed by atoms with E-state index in [1.165, 1.54) is 24.3 Å². The molecule has 0 spiro atoms. The molecule has 2 aromatic rings. The molecule has 0 aliphatic heterocycles. The lowest BCUT2D eigenvalue weighted by atomic mass is 9.60. The Bertz CT molecular complexity index is 1030. The summed E-state index contributed by atoms with van der Waals surface area (Å²) in [6, 6.07) is 15.3. The molecular formula is C28H34F3NO3. The van der Waals surface area contributed by atoms with E-state index in [2.05, 4.69) is 12.1 Å². The fourth-order valence-electron chi connectivity index (χ4n) is 5.62. The van der Waals surface area contributed by atoms with Gasteiger partial charge >= 0.3 is 6.18 Å². The Morgan fingerprint density at radius 2 is 1.37 bits per heavy atom. The second-order valence-electron chi connectivity index (χ2n) is 10.8. The van der Waals surface area contributed by atoms with E-state index < -0.39 is 22.8 Å². The monoisotopic (exact) mass is 489 g/mol. The second kappa shape index (κ2) is 8.93. The van der Waals surface area contributed by atoms with E-state index in [-0.39, 0.29) is 23.6 Å². The van der Waals surface area contributed by atoms with Crippen molar-refractivity contribution < 1.29 is 28.2 Å². The SMILES string of the molecule is CC(C)(O)C1(c2ccccc2)CCC(N(C(=O)c2ccc([C@](C)(O)C(F)(F)F)cc2)C2CC2)CC1. The Hall–Kier alpha value is -2.38. The summed E-state index contributed by atoms with van der Waals surface area (Å²) in [6.45, 7) is 4.41. The van der Waals surface area contributed by atoms with Gasteiger partial charge < -0.3 is 15.1 Å². The van der Waals surface area contributed by atoms with E-state index in [0.29, 0.717) is 12.5 Å². The summed E-state index contributed by atoms with van der Waals surface area (Å²) in [6.07, 6.45) is -0.0443. The van der Waals surface area contributed by atoms with Crippen LogP contribution in [0.3, 0.4) is 0 Å². The lowest BCUT2D eigenvalue weighted by Crippen LogP contribution is -2.53. The van der Waals surface area contributed by atoms with Gasteiger partial charge in [-0.05, 0) is 82.6 Å². The highest BCUT2D eigenvalue weighted by atomic mass is 19.4. The van der Waals surface area contributed by atoms with E-state index >= 15 is 0 Å². The van der Waals surface area contributed by atoms with Gasteiger partial charge in [0.05, 0.1) is 5.60 Å². The standard InChI is InChI=1S/C28H34F3NO3/c1-25(2,34)27(21-7-5-4-6-8-21)17-15-23(16-18-27)32(22-13-14-22)24(33)19-9-11-20(12-10-19)26(3,35)28(29,30)31/h4-12,22-23,34-35H,13-18H2,1-3H3/t23?,26-,27?/m0/s1. The summed E-state index contributed by atoms with van der Waals surface area (Å²) in [5, 5.41) is 21.1. The number of benzene rings is 2. The largest absolute Gasteiger partial charge is 0.421 e. The molecule has 4 nitrogen and oxygen atoms in total. The number of hydrogen-bond acceptors (Lipinski definition) is 3. The van der Waals surface area contributed by atoms with Crippen LogP contribution in [0.4, 0.5) is 13.2 Å². The quantitative estimate of drug-likeness (QED) is 0.546. The third kappa shape index (κ3) is 4.73. The van der Waals surface area contributed by atoms with Crippen molar-refractivity contribution in [3.05, 3.63) is 71.3 Å². The number of alkyl halides is 3. The van der Waals surface area contributed by atoms with Crippen LogP contribution in [-0.4, -0.2) is 44.9 Å². The number of amides is 1. The first-order chi connectivity index (χ1) is 16.3. The topological polar surface area (TPSA) is 60.8 Å². The molecule has 0 radical (unpaired) electrons. The van der Waals surface area contributed by atoms with Crippen molar-refractivity contribution in [2.45, 2.75) is 94.2 Å². The Morgan fingerprint density at radius 3 is 1.83 bits per heavy atom. The van der Waals surface area contributed by atoms with Crippen LogP contribution >= 0.6 is 0 Å². The van der Waals surface area contributed by atoms with Crippen LogP contribution < -0.4 is 0 Å². The molecule has 190 valence electrons. The molecule has 0 bridgehead atoms. The molecule has 0 saturated heterocycles. The molecule has 2 aliphatic rings. The third-order valence-electron chi connectivity index (χ3n) is 8.12. The van der Waals surface area contributed by atoms with Gasteiger partial charge in [0, 0.05) is 23.1 Å². The molecule has 0 aromatic heterocycles. The molecule has 0 heterocycles. The zero-order chi connectivity index (χ0) is 25.6. The van der Waals surface area contributed by atoms with Gasteiger partial charge in [0.25, 0.3) is 5.91 Å². The number of hydrogen-bond donors (Lipinski definition) is 2. The van der Waals surface area contributed by atoms with E-state index in [9.17, 15) is 28.2 Å². The molecule has 1 amide bonds. The second-order valence-corrected chi connectivity index (χ2v) is 10.8. The van der Waals surface area contributed by atoms with E-state index in [1.54, 1.807) is 0 Å². The maximum Gasteiger partial charge on any atom is 0.421 e. The fraction of sp³-hybridized carbons (Fsp3) is 0.536. The highest BCUT2D eigenvalue weighted by molar-refractivity contribution is 5.95. The Balaban J connectivity index is 1.54. The van der Waals surface area contributed by atoms with Gasteiger partial charge in [-0.15, -0.1) is 0 Å². The predicted octanol–water partition coefficient (Wildman–Crippen LogP) is 5.71. The molecule has 35 heavy (non-hydrogen) atoms. The molecule has 2 aromatic carbocycles. The van der Waals surface area contributed by atoms with Gasteiger partial charge in [-0.25, -0.2) is 0 Å². The Morgan fingerprint density at radius 1 is 0.857 bits per heavy atom. The normalized spacial score (nSPS) is 25.1. The summed E-state index contributed by atoms with van der Waals surface area (Å²) < 4.78 is 39.6. The lowest BCUT2D eigenvalue weighted by molar-refractivity contribution is -0.258. The summed E-state index contributed by atoms with van der Waals surface area (Å²) in [7, 11) is 0. The maximum atomic E-state index is 13.5. The van der Waals surface area contributed by atoms with Crippen molar-refractivity contribution in [3.8, 4) is 0 Å². The van der Waals surface area contributed by atoms with Crippen LogP contribution in [0, 0.1) is 0 Å². The van der Waals surface area contributed by atoms with E-state index in [1.807, 2.05) is 36.9 Å². The molecule has 1 atom stereocenters. The van der Waals surface area contributed by atoms with Crippen molar-refractivity contribution in [1.82, 2.24) is 4.90 Å². The zero-order valence-corrected chi connectivity index (χ0v) is 20.5. The van der Waals surface area contributed by atoms with Crippen LogP contribution in [0.5, 0.6) is 0 Å². The summed E-state index contributed by atoms with van der Waals surface area (Å²) >= 11 is 0. The molecule has 2 N–H and O–H groups in total. The predicted molar refractivity (Wildman–Crippen MR) is 128 cm³/mol. The fourth-order valence-corrected chi connectivity index (χ4v) is 5.62. The van der Waals surface area contributed by atoms with Crippen molar-refractivity contribution in [3.63, 3.8) is 0 Å². The molecule has 2 aliphatic carbocycles. The number of rotatable bonds is 6. The van der Waals surface area contributed by atoms with Gasteiger partial charge in [-0.3, -0.25) is 4.79 Å². The molecular weight excluding hydrogens is 455 g/mol. The highest BCUT2D eigenvalue weighted by Crippen LogP contribution is 2.49. The average molecular weight is 490 g/mol. The van der Waals surface area contributed by atoms with Crippen LogP contribution in [0.1, 0.15) is 80.8 Å². The first-order valence-electron chi connectivity index (χ1n) is 12.3. The van der Waals surface area contributed by atoms with Gasteiger partial charge in [-0.2, -0.15) is 13.2 Å². The molecule has 2 fully saturated rings. The number of aliphatic hydroxyl groups is 2. The molecule has 4 rings (SSSR count). The maximum absolute atomic E-state index is 13.5. The van der Waals surface area contributed by atoms with Gasteiger partial charge in [0.2, 0.25) is 0 Å². The first kappa shape index (κ1) is 25.7. The minimum absolute atomic E-state index is 0.00662. The third-order valence-corrected chi connectivity index (χ3v) is 8.12. The van der Waals surface area contributed by atoms with Crippen LogP contribution in [0.15, 0.2) is 54.6 Å². The van der Waals surface area contributed by atoms with Crippen LogP contribution in [0.25, 0.3) is 0 Å². The molecule has 0 unspecified atom stereocenters. The minimum atomic E-state index is -4.81. The number of carbonyl (C=O) groups excluding carboxylic acids is 1. The molecule has 2 saturated carbocycles. The van der Waals surface area contributed by atoms with Gasteiger partial charge in [0.15, 0.2) is 5.60 Å². The minimum Gasteiger partial charge on any atom is -0.390 e. The lowest BCUT2D eigenvalue weighted by Gasteiger charge is -2.50. The smallest absolute Gasteiger partial charge is 0.390 e. The summed E-state index contributed by atoms with van der Waals surface area (Å²) in [5.74, 6) is -0.189. The van der Waals surface area contributed by atoms with E-state index in [4.69, 9.17) is 0 Å². The van der Waals surface area contributed by atoms with E-state index in [0.717, 1.165) is 44.1 Å². The average Bonchev–Trinajstić information content (AvgIpc) is 3.64. The van der Waals surface area contributed by atoms with Crippen molar-refractivity contribution >= 4 is 5.91 Å². The van der Waals surface area contributed by atoms with Crippen molar-refractivity contribution in [2.75, 3.05) is 0 Å². The Labute approximate surface area is 204 Å². The Kier molecular flexibility index (Phi) is 6.56. The van der Waals surface area contributed by atoms with Crippen LogP contribution in [-0.2, 0) is 11.0 Å². The van der Waals surface area contributed by atoms with Crippen molar-refractivity contribution in [2.24, 2.45) is 0 Å². The first-order valence-corrected chi connectivity index (χ1v) is 12.3. The number of carbonyl (C=O) groups is 1. The molecule has 7 heteroatoms. The van der Waals surface area contributed by atoms with Crippen molar-refractivity contribution in [1.29, 1.82) is 0 Å².